The van der Waals surface area contributed by atoms with Crippen LogP contribution in [0.4, 0.5) is 24.9 Å². The van der Waals surface area contributed by atoms with Crippen molar-refractivity contribution in [2.24, 2.45) is 0 Å². The van der Waals surface area contributed by atoms with E-state index in [9.17, 15) is 13.2 Å². The van der Waals surface area contributed by atoms with E-state index in [1.165, 1.54) is 6.07 Å². The van der Waals surface area contributed by atoms with E-state index in [0.29, 0.717) is 16.7 Å². The van der Waals surface area contributed by atoms with Crippen LogP contribution in [0.25, 0.3) is 22.2 Å². The number of hydrogen-bond donors (Lipinski definition) is 1. The molecule has 27 heavy (non-hydrogen) atoms. The van der Waals surface area contributed by atoms with Crippen LogP contribution >= 0.6 is 0 Å². The van der Waals surface area contributed by atoms with Gasteiger partial charge in [0.15, 0.2) is 5.58 Å². The highest BCUT2D eigenvalue weighted by atomic mass is 19.4. The van der Waals surface area contributed by atoms with Gasteiger partial charge in [-0.25, -0.2) is 0 Å². The van der Waals surface area contributed by atoms with E-state index < -0.39 is 11.7 Å². The number of halogens is 3. The first-order valence-corrected chi connectivity index (χ1v) is 8.31. The Morgan fingerprint density at radius 3 is 2.44 bits per heavy atom. The lowest BCUT2D eigenvalue weighted by Gasteiger charge is -2.15. The Morgan fingerprint density at radius 1 is 0.926 bits per heavy atom. The van der Waals surface area contributed by atoms with E-state index in [1.54, 1.807) is 42.5 Å². The molecule has 6 heteroatoms. The quantitative estimate of drug-likeness (QED) is 0.445. The fraction of sp³-hybridized carbons (Fsp3) is 0.0952. The van der Waals surface area contributed by atoms with E-state index in [1.807, 2.05) is 19.1 Å². The molecule has 3 nitrogen and oxygen atoms in total. The van der Waals surface area contributed by atoms with Crippen molar-refractivity contribution in [2.75, 3.05) is 5.32 Å². The molecule has 1 aromatic heterocycles. The molecule has 0 unspecified atom stereocenters. The number of fused-ring (bicyclic) bond motifs is 1. The molecular formula is C21H15F3N2O. The molecule has 0 atom stereocenters. The van der Waals surface area contributed by atoms with E-state index in [-0.39, 0.29) is 17.3 Å². The molecule has 136 valence electrons. The van der Waals surface area contributed by atoms with Crippen LogP contribution in [0.3, 0.4) is 0 Å². The van der Waals surface area contributed by atoms with Gasteiger partial charge in [0.1, 0.15) is 5.52 Å². The van der Waals surface area contributed by atoms with Crippen LogP contribution in [0.15, 0.2) is 71.1 Å². The van der Waals surface area contributed by atoms with Crippen molar-refractivity contribution in [1.82, 2.24) is 4.98 Å². The molecule has 0 amide bonds. The largest absolute Gasteiger partial charge is 0.423 e. The van der Waals surface area contributed by atoms with Crippen LogP contribution in [-0.2, 0) is 6.18 Å². The van der Waals surface area contributed by atoms with E-state index in [2.05, 4.69) is 10.3 Å². The number of hydrogen-bond acceptors (Lipinski definition) is 3. The first kappa shape index (κ1) is 17.1. The normalized spacial score (nSPS) is 11.7. The highest BCUT2D eigenvalue weighted by Crippen LogP contribution is 2.39. The molecular weight excluding hydrogens is 353 g/mol. The van der Waals surface area contributed by atoms with E-state index >= 15 is 0 Å². The summed E-state index contributed by atoms with van der Waals surface area (Å²) in [6.45, 7) is 1.93. The smallest absolute Gasteiger partial charge is 0.417 e. The van der Waals surface area contributed by atoms with Crippen molar-refractivity contribution in [2.45, 2.75) is 13.1 Å². The topological polar surface area (TPSA) is 38.1 Å². The van der Waals surface area contributed by atoms with Crippen molar-refractivity contribution in [3.05, 3.63) is 77.9 Å². The van der Waals surface area contributed by atoms with Crippen LogP contribution in [0, 0.1) is 6.92 Å². The number of aryl methyl sites for hydroxylation is 1. The van der Waals surface area contributed by atoms with Gasteiger partial charge in [-0.3, -0.25) is 0 Å². The zero-order chi connectivity index (χ0) is 19.0. The van der Waals surface area contributed by atoms with Crippen molar-refractivity contribution in [3.63, 3.8) is 0 Å². The number of oxazole rings is 1. The number of alkyl halides is 3. The Labute approximate surface area is 153 Å². The van der Waals surface area contributed by atoms with Gasteiger partial charge in [-0.15, -0.1) is 0 Å². The lowest BCUT2D eigenvalue weighted by molar-refractivity contribution is -0.137. The van der Waals surface area contributed by atoms with Crippen molar-refractivity contribution in [1.29, 1.82) is 0 Å². The summed E-state index contributed by atoms with van der Waals surface area (Å²) in [6, 6.07) is 18.3. The second-order valence-electron chi connectivity index (χ2n) is 6.24. The van der Waals surface area contributed by atoms with Crippen molar-refractivity contribution < 1.29 is 17.6 Å². The molecule has 1 N–H and O–H groups in total. The first-order valence-electron chi connectivity index (χ1n) is 8.31. The predicted octanol–water partition coefficient (Wildman–Crippen LogP) is 6.57. The molecule has 3 aromatic carbocycles. The number of anilines is 2. The zero-order valence-electron chi connectivity index (χ0n) is 14.3. The van der Waals surface area contributed by atoms with Crippen LogP contribution < -0.4 is 5.32 Å². The van der Waals surface area contributed by atoms with Crippen LogP contribution in [-0.4, -0.2) is 4.98 Å². The molecule has 4 rings (SSSR count). The van der Waals surface area contributed by atoms with Crippen molar-refractivity contribution >= 4 is 22.8 Å². The monoisotopic (exact) mass is 368 g/mol. The average Bonchev–Trinajstić information content (AvgIpc) is 3.03. The van der Waals surface area contributed by atoms with Gasteiger partial charge in [0.05, 0.1) is 5.56 Å². The van der Waals surface area contributed by atoms with Crippen LogP contribution in [0.2, 0.25) is 0 Å². The Bertz CT molecular complexity index is 1100. The van der Waals surface area contributed by atoms with E-state index in [4.69, 9.17) is 4.42 Å². The Balaban J connectivity index is 1.73. The van der Waals surface area contributed by atoms with Crippen LogP contribution in [0.5, 0.6) is 0 Å². The molecule has 0 fully saturated rings. The molecule has 0 aliphatic heterocycles. The third kappa shape index (κ3) is 3.51. The van der Waals surface area contributed by atoms with Gasteiger partial charge in [0, 0.05) is 5.69 Å². The summed E-state index contributed by atoms with van der Waals surface area (Å²) in [5.74, 6) is 0. The Hall–Kier alpha value is -3.28. The number of aromatic nitrogens is 1. The second-order valence-corrected chi connectivity index (χ2v) is 6.24. The Kier molecular flexibility index (Phi) is 4.11. The number of benzene rings is 3. The van der Waals surface area contributed by atoms with Gasteiger partial charge < -0.3 is 9.73 Å². The molecule has 0 bridgehead atoms. The van der Waals surface area contributed by atoms with Gasteiger partial charge in [-0.05, 0) is 47.9 Å². The fourth-order valence-corrected chi connectivity index (χ4v) is 2.94. The maximum absolute atomic E-state index is 13.6. The highest BCUT2D eigenvalue weighted by molar-refractivity contribution is 5.77. The van der Waals surface area contributed by atoms with Gasteiger partial charge in [-0.1, -0.05) is 42.5 Å². The minimum atomic E-state index is -4.48. The number of rotatable bonds is 3. The lowest BCUT2D eigenvalue weighted by atomic mass is 9.98. The summed E-state index contributed by atoms with van der Waals surface area (Å²) >= 11 is 0. The maximum atomic E-state index is 13.6. The standard InChI is InChI=1S/C21H15F3N2O/c1-13-7-10-19-18(11-13)26-20(27-19)25-15-8-9-16(14-5-3-2-4-6-14)17(12-15)21(22,23)24/h2-12H,1H3,(H,25,26). The third-order valence-electron chi connectivity index (χ3n) is 4.20. The van der Waals surface area contributed by atoms with E-state index in [0.717, 1.165) is 11.6 Å². The number of nitrogens with zero attached hydrogens (tertiary/aromatic N) is 1. The van der Waals surface area contributed by atoms with Gasteiger partial charge >= 0.3 is 6.18 Å². The second kappa shape index (κ2) is 6.46. The van der Waals surface area contributed by atoms with Crippen molar-refractivity contribution in [3.8, 4) is 11.1 Å². The predicted molar refractivity (Wildman–Crippen MR) is 98.9 cm³/mol. The summed E-state index contributed by atoms with van der Waals surface area (Å²) in [4.78, 5) is 4.28. The summed E-state index contributed by atoms with van der Waals surface area (Å²) in [7, 11) is 0. The van der Waals surface area contributed by atoms with Gasteiger partial charge in [0.25, 0.3) is 6.01 Å². The number of nitrogens with one attached hydrogen (secondary N) is 1. The minimum Gasteiger partial charge on any atom is -0.423 e. The minimum absolute atomic E-state index is 0.127. The fourth-order valence-electron chi connectivity index (χ4n) is 2.94. The van der Waals surface area contributed by atoms with Crippen LogP contribution in [0.1, 0.15) is 11.1 Å². The molecule has 0 spiro atoms. The van der Waals surface area contributed by atoms with Gasteiger partial charge in [-0.2, -0.15) is 18.2 Å². The SMILES string of the molecule is Cc1ccc2oc(Nc3ccc(-c4ccccc4)c(C(F)(F)F)c3)nc2c1. The molecule has 0 aliphatic rings. The molecule has 0 saturated heterocycles. The molecule has 4 aromatic rings. The molecule has 0 saturated carbocycles. The summed E-state index contributed by atoms with van der Waals surface area (Å²) in [5.41, 5.74) is 2.41. The molecule has 1 heterocycles. The summed E-state index contributed by atoms with van der Waals surface area (Å²) in [6.07, 6.45) is -4.48. The summed E-state index contributed by atoms with van der Waals surface area (Å²) < 4.78 is 46.4. The third-order valence-corrected chi connectivity index (χ3v) is 4.20. The molecule has 0 aliphatic carbocycles. The lowest BCUT2D eigenvalue weighted by Crippen LogP contribution is -2.08. The summed E-state index contributed by atoms with van der Waals surface area (Å²) in [5, 5.41) is 2.83. The zero-order valence-corrected chi connectivity index (χ0v) is 14.3. The van der Waals surface area contributed by atoms with Gasteiger partial charge in [0.2, 0.25) is 0 Å². The molecule has 0 radical (unpaired) electrons. The maximum Gasteiger partial charge on any atom is 0.417 e. The Morgan fingerprint density at radius 2 is 1.70 bits per heavy atom. The average molecular weight is 368 g/mol. The highest BCUT2D eigenvalue weighted by Gasteiger charge is 2.34. The first-order chi connectivity index (χ1) is 12.9.